The highest BCUT2D eigenvalue weighted by Gasteiger charge is 2.12. The van der Waals surface area contributed by atoms with Gasteiger partial charge in [0.1, 0.15) is 6.61 Å². The van der Waals surface area contributed by atoms with Crippen LogP contribution >= 0.6 is 11.6 Å². The number of fused-ring (bicyclic) bond motifs is 1. The molecule has 0 saturated heterocycles. The highest BCUT2D eigenvalue weighted by molar-refractivity contribution is 6.31. The summed E-state index contributed by atoms with van der Waals surface area (Å²) in [6.07, 6.45) is 1.56. The summed E-state index contributed by atoms with van der Waals surface area (Å²) in [5.74, 6) is 0.290. The Labute approximate surface area is 137 Å². The minimum absolute atomic E-state index is 0.178. The molecule has 0 aliphatic carbocycles. The maximum atomic E-state index is 12.7. The number of hydrogen-bond acceptors (Lipinski definition) is 4. The molecule has 116 valence electrons. The van der Waals surface area contributed by atoms with Gasteiger partial charge in [-0.3, -0.25) is 4.79 Å². The highest BCUT2D eigenvalue weighted by Crippen LogP contribution is 2.18. The minimum Gasteiger partial charge on any atom is -0.403 e. The summed E-state index contributed by atoms with van der Waals surface area (Å²) < 4.78 is 1.12. The maximum Gasteiger partial charge on any atom is 0.295 e. The first-order valence-electron chi connectivity index (χ1n) is 6.97. The number of nitrogens with zero attached hydrogens (tertiary/aromatic N) is 2. The molecule has 0 spiro atoms. The zero-order valence-corrected chi connectivity index (χ0v) is 13.0. The van der Waals surface area contributed by atoms with Gasteiger partial charge in [0.15, 0.2) is 0 Å². The second-order valence-corrected chi connectivity index (χ2v) is 5.21. The van der Waals surface area contributed by atoms with Crippen LogP contribution in [-0.2, 0) is 0 Å². The highest BCUT2D eigenvalue weighted by atomic mass is 35.5. The van der Waals surface area contributed by atoms with Crippen molar-refractivity contribution in [3.63, 3.8) is 0 Å². The van der Waals surface area contributed by atoms with Crippen molar-refractivity contribution in [3.05, 3.63) is 76.6 Å². The Morgan fingerprint density at radius 2 is 2.04 bits per heavy atom. The molecule has 2 aromatic carbocycles. The van der Waals surface area contributed by atoms with E-state index in [0.29, 0.717) is 15.9 Å². The van der Waals surface area contributed by atoms with Crippen molar-refractivity contribution >= 4 is 34.1 Å². The number of hydrogen-bond donors (Lipinski definition) is 1. The summed E-state index contributed by atoms with van der Waals surface area (Å²) in [5.41, 5.74) is 0.998. The lowest BCUT2D eigenvalue weighted by Crippen LogP contribution is -2.30. The molecule has 0 bridgehead atoms. The Kier molecular flexibility index (Phi) is 4.30. The van der Waals surface area contributed by atoms with Crippen molar-refractivity contribution in [2.24, 2.45) is 0 Å². The van der Waals surface area contributed by atoms with Crippen LogP contribution in [0, 0.1) is 0 Å². The number of para-hydroxylation sites is 1. The van der Waals surface area contributed by atoms with Crippen molar-refractivity contribution in [2.75, 3.05) is 11.9 Å². The molecule has 0 fully saturated rings. The monoisotopic (exact) mass is 327 g/mol. The molecule has 6 heteroatoms. The fourth-order valence-electron chi connectivity index (χ4n) is 2.12. The average Bonchev–Trinajstić information content (AvgIpc) is 2.56. The second kappa shape index (κ2) is 6.54. The summed E-state index contributed by atoms with van der Waals surface area (Å²) >= 11 is 5.97. The van der Waals surface area contributed by atoms with Crippen molar-refractivity contribution in [1.82, 2.24) is 9.71 Å². The zero-order chi connectivity index (χ0) is 16.2. The average molecular weight is 328 g/mol. The van der Waals surface area contributed by atoms with E-state index < -0.39 is 0 Å². The Hall–Kier alpha value is -2.79. The first kappa shape index (κ1) is 15.1. The Bertz CT molecular complexity index is 907. The fraction of sp³-hybridized carbons (Fsp3) is 0.0588. The van der Waals surface area contributed by atoms with E-state index in [2.05, 4.69) is 16.9 Å². The lowest BCUT2D eigenvalue weighted by molar-refractivity contribution is 0.130. The van der Waals surface area contributed by atoms with E-state index in [4.69, 9.17) is 16.4 Å². The van der Waals surface area contributed by atoms with Gasteiger partial charge in [-0.1, -0.05) is 42.5 Å². The molecule has 0 unspecified atom stereocenters. The Morgan fingerprint density at radius 3 is 2.78 bits per heavy atom. The summed E-state index contributed by atoms with van der Waals surface area (Å²) in [6.45, 7) is 3.77. The van der Waals surface area contributed by atoms with E-state index in [0.717, 1.165) is 10.4 Å². The number of nitrogens with one attached hydrogen (secondary N) is 1. The first-order chi connectivity index (χ1) is 11.2. The van der Waals surface area contributed by atoms with Gasteiger partial charge in [0.05, 0.1) is 10.9 Å². The van der Waals surface area contributed by atoms with Gasteiger partial charge in [-0.2, -0.15) is 0 Å². The molecule has 1 aromatic heterocycles. The summed E-state index contributed by atoms with van der Waals surface area (Å²) in [6, 6.07) is 14.4. The van der Waals surface area contributed by atoms with Crippen LogP contribution in [0.4, 0.5) is 11.6 Å². The lowest BCUT2D eigenvalue weighted by atomic mass is 10.2. The lowest BCUT2D eigenvalue weighted by Gasteiger charge is -2.14. The Morgan fingerprint density at radius 1 is 1.26 bits per heavy atom. The fourth-order valence-corrected chi connectivity index (χ4v) is 2.29. The third-order valence-corrected chi connectivity index (χ3v) is 3.38. The minimum atomic E-state index is -0.335. The quantitative estimate of drug-likeness (QED) is 0.730. The van der Waals surface area contributed by atoms with E-state index in [-0.39, 0.29) is 18.1 Å². The number of benzene rings is 2. The summed E-state index contributed by atoms with van der Waals surface area (Å²) in [4.78, 5) is 22.6. The standard InChI is InChI=1S/C17H14ClN3O2/c1-2-10-23-21-16(22)14-11-12(18)8-9-15(14)20-17(21)19-13-6-4-3-5-7-13/h2-9,11H,1,10H2,(H,19,20). The molecule has 3 rings (SSSR count). The van der Waals surface area contributed by atoms with Crippen LogP contribution in [0.15, 0.2) is 66.0 Å². The van der Waals surface area contributed by atoms with E-state index in [1.54, 1.807) is 24.3 Å². The van der Waals surface area contributed by atoms with Gasteiger partial charge in [-0.15, -0.1) is 4.73 Å². The van der Waals surface area contributed by atoms with Gasteiger partial charge in [-0.05, 0) is 30.3 Å². The molecule has 1 heterocycles. The van der Waals surface area contributed by atoms with Crippen molar-refractivity contribution < 1.29 is 4.84 Å². The summed E-state index contributed by atoms with van der Waals surface area (Å²) in [7, 11) is 0. The molecule has 0 saturated carbocycles. The molecule has 0 radical (unpaired) electrons. The topological polar surface area (TPSA) is 56.1 Å². The van der Waals surface area contributed by atoms with E-state index >= 15 is 0 Å². The third-order valence-electron chi connectivity index (χ3n) is 3.14. The molecule has 5 nitrogen and oxygen atoms in total. The van der Waals surface area contributed by atoms with Gasteiger partial charge < -0.3 is 10.2 Å². The number of aromatic nitrogens is 2. The normalized spacial score (nSPS) is 10.5. The predicted molar refractivity (Wildman–Crippen MR) is 92.4 cm³/mol. The third kappa shape index (κ3) is 3.19. The van der Waals surface area contributed by atoms with Gasteiger partial charge in [0.2, 0.25) is 5.95 Å². The molecule has 23 heavy (non-hydrogen) atoms. The number of halogens is 1. The van der Waals surface area contributed by atoms with Crippen molar-refractivity contribution in [2.45, 2.75) is 0 Å². The summed E-state index contributed by atoms with van der Waals surface area (Å²) in [5, 5.41) is 3.95. The number of rotatable bonds is 5. The molecular formula is C17H14ClN3O2. The van der Waals surface area contributed by atoms with Crippen LogP contribution in [0.1, 0.15) is 0 Å². The van der Waals surface area contributed by atoms with E-state index in [1.165, 1.54) is 0 Å². The second-order valence-electron chi connectivity index (χ2n) is 4.77. The molecule has 0 aliphatic rings. The molecule has 3 aromatic rings. The van der Waals surface area contributed by atoms with Crippen molar-refractivity contribution in [3.8, 4) is 0 Å². The molecular weight excluding hydrogens is 314 g/mol. The molecule has 0 aliphatic heterocycles. The largest absolute Gasteiger partial charge is 0.403 e. The van der Waals surface area contributed by atoms with Crippen molar-refractivity contribution in [1.29, 1.82) is 0 Å². The predicted octanol–water partition coefficient (Wildman–Crippen LogP) is 3.41. The zero-order valence-electron chi connectivity index (χ0n) is 12.2. The maximum absolute atomic E-state index is 12.7. The number of anilines is 2. The van der Waals surface area contributed by atoms with Crippen LogP contribution in [-0.4, -0.2) is 16.3 Å². The molecule has 1 N–H and O–H groups in total. The van der Waals surface area contributed by atoms with Crippen LogP contribution in [0.25, 0.3) is 10.9 Å². The van der Waals surface area contributed by atoms with Crippen LogP contribution in [0.5, 0.6) is 0 Å². The van der Waals surface area contributed by atoms with Gasteiger partial charge in [-0.25, -0.2) is 4.98 Å². The van der Waals surface area contributed by atoms with E-state index in [1.807, 2.05) is 30.3 Å². The van der Waals surface area contributed by atoms with E-state index in [9.17, 15) is 4.79 Å². The Balaban J connectivity index is 2.15. The molecule has 0 amide bonds. The van der Waals surface area contributed by atoms with Crippen LogP contribution in [0.2, 0.25) is 5.02 Å². The van der Waals surface area contributed by atoms with Crippen LogP contribution < -0.4 is 15.7 Å². The molecule has 0 atom stereocenters. The van der Waals surface area contributed by atoms with Gasteiger partial charge in [0, 0.05) is 10.7 Å². The SMILES string of the molecule is C=CCOn1c(Nc2ccccc2)nc2ccc(Cl)cc2c1=O. The van der Waals surface area contributed by atoms with Crippen LogP contribution in [0.3, 0.4) is 0 Å². The van der Waals surface area contributed by atoms with Gasteiger partial charge >= 0.3 is 0 Å². The first-order valence-corrected chi connectivity index (χ1v) is 7.35. The van der Waals surface area contributed by atoms with Gasteiger partial charge in [0.25, 0.3) is 5.56 Å². The smallest absolute Gasteiger partial charge is 0.295 e.